The van der Waals surface area contributed by atoms with Crippen LogP contribution < -0.4 is 5.32 Å². The summed E-state index contributed by atoms with van der Waals surface area (Å²) in [6.45, 7) is 9.96. The number of carbonyl (C=O) groups excluding carboxylic acids is 1. The Bertz CT molecular complexity index is 596. The lowest BCUT2D eigenvalue weighted by Crippen LogP contribution is -2.54. The Morgan fingerprint density at radius 3 is 2.96 bits per heavy atom. The molecule has 0 bridgehead atoms. The molecule has 0 radical (unpaired) electrons. The molecule has 0 aromatic heterocycles. The van der Waals surface area contributed by atoms with Gasteiger partial charge in [0.1, 0.15) is 6.10 Å². The zero-order valence-electron chi connectivity index (χ0n) is 16.2. The number of ketones is 1. The Morgan fingerprint density at radius 2 is 2.19 bits per heavy atom. The maximum atomic E-state index is 12.5. The van der Waals surface area contributed by atoms with Crippen LogP contribution in [0.25, 0.3) is 0 Å². The van der Waals surface area contributed by atoms with Gasteiger partial charge in [-0.3, -0.25) is 4.79 Å². The molecule has 2 fully saturated rings. The van der Waals surface area contributed by atoms with Crippen molar-refractivity contribution in [3.05, 3.63) is 24.0 Å². The van der Waals surface area contributed by atoms with E-state index in [0.29, 0.717) is 36.1 Å². The van der Waals surface area contributed by atoms with Crippen molar-refractivity contribution in [2.45, 2.75) is 70.6 Å². The van der Waals surface area contributed by atoms with Crippen molar-refractivity contribution in [3.8, 4) is 0 Å². The van der Waals surface area contributed by atoms with E-state index in [9.17, 15) is 4.79 Å². The molecular weight excluding hydrogens is 326 g/mol. The maximum Gasteiger partial charge on any atom is 0.197 e. The summed E-state index contributed by atoms with van der Waals surface area (Å²) in [7, 11) is 0. The summed E-state index contributed by atoms with van der Waals surface area (Å²) in [5, 5.41) is 3.70. The van der Waals surface area contributed by atoms with E-state index >= 15 is 0 Å². The summed E-state index contributed by atoms with van der Waals surface area (Å²) in [6, 6.07) is 0.502. The second-order valence-electron chi connectivity index (χ2n) is 8.92. The molecule has 2 saturated carbocycles. The smallest absolute Gasteiger partial charge is 0.197 e. The second kappa shape index (κ2) is 7.47. The van der Waals surface area contributed by atoms with E-state index in [-0.39, 0.29) is 18.0 Å². The first kappa shape index (κ1) is 18.2. The van der Waals surface area contributed by atoms with Crippen LogP contribution in [0.4, 0.5) is 0 Å². The Morgan fingerprint density at radius 1 is 1.35 bits per heavy atom. The van der Waals surface area contributed by atoms with Crippen molar-refractivity contribution in [1.82, 2.24) is 5.32 Å². The van der Waals surface area contributed by atoms with E-state index in [0.717, 1.165) is 51.0 Å². The van der Waals surface area contributed by atoms with Crippen LogP contribution in [0.3, 0.4) is 0 Å². The third-order valence-corrected chi connectivity index (χ3v) is 6.86. The van der Waals surface area contributed by atoms with Crippen LogP contribution in [0.2, 0.25) is 0 Å². The van der Waals surface area contributed by atoms with Crippen molar-refractivity contribution in [3.63, 3.8) is 0 Å². The van der Waals surface area contributed by atoms with E-state index in [1.165, 1.54) is 5.57 Å². The molecule has 4 rings (SSSR count). The number of ether oxygens (including phenoxy) is 2. The zero-order valence-corrected chi connectivity index (χ0v) is 16.2. The number of hydrogen-bond donors (Lipinski definition) is 1. The van der Waals surface area contributed by atoms with Crippen LogP contribution in [0.5, 0.6) is 0 Å². The van der Waals surface area contributed by atoms with Gasteiger partial charge in [0, 0.05) is 31.5 Å². The lowest BCUT2D eigenvalue weighted by molar-refractivity contribution is -0.124. The molecule has 144 valence electrons. The van der Waals surface area contributed by atoms with Crippen LogP contribution in [0.1, 0.15) is 52.4 Å². The number of carbonyl (C=O) groups is 1. The first-order valence-electron chi connectivity index (χ1n) is 10.5. The van der Waals surface area contributed by atoms with Crippen molar-refractivity contribution in [1.29, 1.82) is 0 Å². The third kappa shape index (κ3) is 3.16. The van der Waals surface area contributed by atoms with Gasteiger partial charge in [0.15, 0.2) is 11.5 Å². The molecule has 26 heavy (non-hydrogen) atoms. The Hall–Kier alpha value is -1.13. The number of Topliss-reactive ketones (excluding diaryl/α,β-unsaturated/α-hetero) is 1. The maximum absolute atomic E-state index is 12.5. The third-order valence-electron chi connectivity index (χ3n) is 6.86. The highest BCUT2D eigenvalue weighted by Crippen LogP contribution is 2.55. The molecule has 4 heteroatoms. The van der Waals surface area contributed by atoms with Crippen molar-refractivity contribution in [2.24, 2.45) is 23.7 Å². The fourth-order valence-electron chi connectivity index (χ4n) is 5.63. The Balaban J connectivity index is 1.56. The number of allylic oxidation sites excluding steroid dienone is 1. The lowest BCUT2D eigenvalue weighted by Gasteiger charge is -2.48. The quantitative estimate of drug-likeness (QED) is 0.705. The van der Waals surface area contributed by atoms with E-state index in [1.54, 1.807) is 0 Å². The fraction of sp³-hybridized carbons (Fsp3) is 0.773. The Labute approximate surface area is 157 Å². The summed E-state index contributed by atoms with van der Waals surface area (Å²) < 4.78 is 12.6. The summed E-state index contributed by atoms with van der Waals surface area (Å²) in [6.07, 6.45) is 8.16. The number of rotatable bonds is 7. The minimum atomic E-state index is 0.0452. The average molecular weight is 360 g/mol. The highest BCUT2D eigenvalue weighted by molar-refractivity contribution is 5.96. The Kier molecular flexibility index (Phi) is 5.24. The average Bonchev–Trinajstić information content (AvgIpc) is 3.03. The van der Waals surface area contributed by atoms with Gasteiger partial charge in [-0.15, -0.1) is 6.58 Å². The van der Waals surface area contributed by atoms with Gasteiger partial charge in [-0.25, -0.2) is 0 Å². The molecule has 6 atom stereocenters. The fourth-order valence-corrected chi connectivity index (χ4v) is 5.63. The van der Waals surface area contributed by atoms with Crippen LogP contribution in [0.15, 0.2) is 24.0 Å². The van der Waals surface area contributed by atoms with Gasteiger partial charge < -0.3 is 14.8 Å². The SMILES string of the molecule is C=CCNC1CC2CCC(=O)C3=C2C2C1CCC(OCCC(C)C)C2O3. The minimum absolute atomic E-state index is 0.0452. The van der Waals surface area contributed by atoms with Gasteiger partial charge in [0.05, 0.1) is 6.10 Å². The molecule has 0 amide bonds. The predicted molar refractivity (Wildman–Crippen MR) is 102 cm³/mol. The molecule has 4 nitrogen and oxygen atoms in total. The number of hydrogen-bond acceptors (Lipinski definition) is 4. The standard InChI is InChI=1S/C22H33NO3/c1-4-10-23-16-12-14-5-7-17(24)21-19(14)20-15(16)6-8-18(22(20)26-21)25-11-9-13(2)3/h4,13-16,18,20,22-23H,1,5-12H2,2-3H3. The molecule has 3 aliphatic carbocycles. The van der Waals surface area contributed by atoms with Crippen molar-refractivity contribution in [2.75, 3.05) is 13.2 Å². The van der Waals surface area contributed by atoms with Crippen LogP contribution >= 0.6 is 0 Å². The zero-order chi connectivity index (χ0) is 18.3. The molecule has 1 N–H and O–H groups in total. The van der Waals surface area contributed by atoms with E-state index < -0.39 is 0 Å². The van der Waals surface area contributed by atoms with Crippen molar-refractivity contribution >= 4 is 5.78 Å². The first-order valence-corrected chi connectivity index (χ1v) is 10.5. The second-order valence-corrected chi connectivity index (χ2v) is 8.92. The molecule has 1 aliphatic heterocycles. The summed E-state index contributed by atoms with van der Waals surface area (Å²) >= 11 is 0. The summed E-state index contributed by atoms with van der Waals surface area (Å²) in [5.74, 6) is 3.03. The van der Waals surface area contributed by atoms with Crippen LogP contribution in [0, 0.1) is 23.7 Å². The summed E-state index contributed by atoms with van der Waals surface area (Å²) in [4.78, 5) is 12.5. The molecule has 0 spiro atoms. The van der Waals surface area contributed by atoms with E-state index in [4.69, 9.17) is 9.47 Å². The molecular formula is C22H33NO3. The molecule has 1 heterocycles. The van der Waals surface area contributed by atoms with Gasteiger partial charge in [-0.05, 0) is 55.4 Å². The monoisotopic (exact) mass is 359 g/mol. The molecule has 4 aliphatic rings. The molecule has 6 unspecified atom stereocenters. The van der Waals surface area contributed by atoms with E-state index in [1.807, 2.05) is 6.08 Å². The first-order chi connectivity index (χ1) is 12.6. The number of nitrogens with one attached hydrogen (secondary N) is 1. The van der Waals surface area contributed by atoms with Gasteiger partial charge in [-0.2, -0.15) is 0 Å². The molecule has 0 aromatic rings. The van der Waals surface area contributed by atoms with Gasteiger partial charge in [-0.1, -0.05) is 19.9 Å². The highest BCUT2D eigenvalue weighted by Gasteiger charge is 2.57. The molecule has 0 aromatic carbocycles. The van der Waals surface area contributed by atoms with Gasteiger partial charge in [0.2, 0.25) is 0 Å². The van der Waals surface area contributed by atoms with Gasteiger partial charge >= 0.3 is 0 Å². The lowest BCUT2D eigenvalue weighted by atomic mass is 9.59. The van der Waals surface area contributed by atoms with Crippen LogP contribution in [-0.4, -0.2) is 37.2 Å². The minimum Gasteiger partial charge on any atom is -0.483 e. The topological polar surface area (TPSA) is 47.6 Å². The normalized spacial score (nSPS) is 38.3. The van der Waals surface area contributed by atoms with Crippen LogP contribution in [-0.2, 0) is 14.3 Å². The predicted octanol–water partition coefficient (Wildman–Crippen LogP) is 3.62. The summed E-state index contributed by atoms with van der Waals surface area (Å²) in [5.41, 5.74) is 1.35. The van der Waals surface area contributed by atoms with E-state index in [2.05, 4.69) is 25.7 Å². The highest BCUT2D eigenvalue weighted by atomic mass is 16.5. The van der Waals surface area contributed by atoms with Crippen molar-refractivity contribution < 1.29 is 14.3 Å². The largest absolute Gasteiger partial charge is 0.483 e. The molecule has 0 saturated heterocycles. The van der Waals surface area contributed by atoms with Gasteiger partial charge in [0.25, 0.3) is 0 Å².